The molecule has 0 aliphatic rings. The number of esters is 1. The predicted molar refractivity (Wildman–Crippen MR) is 66.3 cm³/mol. The largest absolute Gasteiger partial charge is 0.469 e. The van der Waals surface area contributed by atoms with Gasteiger partial charge in [-0.05, 0) is 22.4 Å². The molecule has 0 spiro atoms. The molecule has 0 bridgehead atoms. The minimum atomic E-state index is -0.732. The average Bonchev–Trinajstić information content (AvgIpc) is 2.32. The summed E-state index contributed by atoms with van der Waals surface area (Å²) in [6.07, 6.45) is 1.98. The van der Waals surface area contributed by atoms with E-state index in [9.17, 15) is 19.7 Å². The van der Waals surface area contributed by atoms with Crippen molar-refractivity contribution >= 4 is 27.6 Å². The molecule has 98 valence electrons. The van der Waals surface area contributed by atoms with E-state index in [1.807, 2.05) is 0 Å². The number of nitrogens with zero attached hydrogens (tertiary/aromatic N) is 2. The molecule has 0 saturated carbocycles. The van der Waals surface area contributed by atoms with E-state index in [0.717, 1.165) is 6.07 Å². The third-order valence-corrected chi connectivity index (χ3v) is 2.67. The molecule has 0 unspecified atom stereocenters. The van der Waals surface area contributed by atoms with Crippen LogP contribution in [0.15, 0.2) is 21.5 Å². The third-order valence-electron chi connectivity index (χ3n) is 2.24. The van der Waals surface area contributed by atoms with Crippen LogP contribution in [0.3, 0.4) is 0 Å². The Labute approximate surface area is 111 Å². The summed E-state index contributed by atoms with van der Waals surface area (Å²) in [5, 5.41) is 10.7. The molecule has 7 nitrogen and oxygen atoms in total. The van der Waals surface area contributed by atoms with Gasteiger partial charge in [0.1, 0.15) is 0 Å². The van der Waals surface area contributed by atoms with E-state index in [2.05, 4.69) is 20.7 Å². The van der Waals surface area contributed by atoms with Gasteiger partial charge in [0.2, 0.25) is 0 Å². The number of aryl methyl sites for hydroxylation is 1. The number of ether oxygens (including phenoxy) is 1. The lowest BCUT2D eigenvalue weighted by Gasteiger charge is -2.05. The van der Waals surface area contributed by atoms with Crippen molar-refractivity contribution in [2.75, 3.05) is 7.11 Å². The number of carbonyl (C=O) groups excluding carboxylic acids is 1. The topological polar surface area (TPSA) is 91.4 Å². The standard InChI is InChI=1S/C10H11BrN2O5/c1-18-9(14)3-2-4-12-6-7(11)5-8(10(12)15)13(16)17/h5-6H,2-4H2,1H3. The maximum absolute atomic E-state index is 11.7. The number of nitro groups is 1. The molecule has 8 heteroatoms. The second-order valence-electron chi connectivity index (χ2n) is 3.48. The summed E-state index contributed by atoms with van der Waals surface area (Å²) in [7, 11) is 1.28. The van der Waals surface area contributed by atoms with Crippen molar-refractivity contribution in [3.63, 3.8) is 0 Å². The van der Waals surface area contributed by atoms with E-state index in [1.54, 1.807) is 0 Å². The zero-order valence-corrected chi connectivity index (χ0v) is 11.2. The van der Waals surface area contributed by atoms with Gasteiger partial charge in [-0.15, -0.1) is 0 Å². The number of halogens is 1. The Morgan fingerprint density at radius 3 is 2.83 bits per heavy atom. The lowest BCUT2D eigenvalue weighted by Crippen LogP contribution is -2.22. The molecule has 0 aliphatic heterocycles. The van der Waals surface area contributed by atoms with Crippen molar-refractivity contribution in [2.24, 2.45) is 0 Å². The fourth-order valence-corrected chi connectivity index (χ4v) is 1.84. The van der Waals surface area contributed by atoms with Crippen LogP contribution in [0.5, 0.6) is 0 Å². The van der Waals surface area contributed by atoms with Gasteiger partial charge >= 0.3 is 17.2 Å². The summed E-state index contributed by atoms with van der Waals surface area (Å²) in [5.41, 5.74) is -1.18. The zero-order chi connectivity index (χ0) is 13.7. The van der Waals surface area contributed by atoms with Crippen LogP contribution in [0.4, 0.5) is 5.69 Å². The smallest absolute Gasteiger partial charge is 0.335 e. The molecule has 0 radical (unpaired) electrons. The number of aromatic nitrogens is 1. The molecular weight excluding hydrogens is 308 g/mol. The van der Waals surface area contributed by atoms with Crippen LogP contribution < -0.4 is 5.56 Å². The van der Waals surface area contributed by atoms with Gasteiger partial charge in [0.15, 0.2) is 0 Å². The first-order valence-electron chi connectivity index (χ1n) is 5.07. The van der Waals surface area contributed by atoms with Crippen LogP contribution in [-0.4, -0.2) is 22.6 Å². The molecule has 0 amide bonds. The fraction of sp³-hybridized carbons (Fsp3) is 0.400. The Bertz CT molecular complexity index is 525. The number of rotatable bonds is 5. The highest BCUT2D eigenvalue weighted by atomic mass is 79.9. The van der Waals surface area contributed by atoms with Gasteiger partial charge in [-0.2, -0.15) is 0 Å². The molecule has 0 fully saturated rings. The van der Waals surface area contributed by atoms with Gasteiger partial charge in [-0.1, -0.05) is 0 Å². The number of hydrogen-bond acceptors (Lipinski definition) is 5. The Morgan fingerprint density at radius 1 is 1.61 bits per heavy atom. The molecule has 1 rings (SSSR count). The SMILES string of the molecule is COC(=O)CCCn1cc(Br)cc([N+](=O)[O-])c1=O. The van der Waals surface area contributed by atoms with Crippen LogP contribution >= 0.6 is 15.9 Å². The summed E-state index contributed by atoms with van der Waals surface area (Å²) in [5.74, 6) is -0.382. The molecule has 1 aromatic heterocycles. The highest BCUT2D eigenvalue weighted by Gasteiger charge is 2.15. The van der Waals surface area contributed by atoms with Gasteiger partial charge in [0.05, 0.1) is 12.0 Å². The molecule has 0 saturated heterocycles. The molecule has 0 aromatic carbocycles. The third kappa shape index (κ3) is 3.66. The number of pyridine rings is 1. The first-order chi connectivity index (χ1) is 8.45. The Balaban J connectivity index is 2.86. The lowest BCUT2D eigenvalue weighted by molar-refractivity contribution is -0.386. The summed E-state index contributed by atoms with van der Waals surface area (Å²) in [6, 6.07) is 1.15. The van der Waals surface area contributed by atoms with E-state index in [1.165, 1.54) is 17.9 Å². The minimum Gasteiger partial charge on any atom is -0.469 e. The monoisotopic (exact) mass is 318 g/mol. The van der Waals surface area contributed by atoms with Crippen LogP contribution in [-0.2, 0) is 16.1 Å². The van der Waals surface area contributed by atoms with Crippen molar-refractivity contribution in [1.82, 2.24) is 4.57 Å². The second kappa shape index (κ2) is 6.29. The molecular formula is C10H11BrN2O5. The van der Waals surface area contributed by atoms with Gasteiger partial charge in [0.25, 0.3) is 0 Å². The highest BCUT2D eigenvalue weighted by molar-refractivity contribution is 9.10. The van der Waals surface area contributed by atoms with Crippen molar-refractivity contribution in [3.8, 4) is 0 Å². The quantitative estimate of drug-likeness (QED) is 0.465. The maximum Gasteiger partial charge on any atom is 0.335 e. The van der Waals surface area contributed by atoms with Gasteiger partial charge in [0, 0.05) is 29.7 Å². The molecule has 0 aliphatic carbocycles. The Morgan fingerprint density at radius 2 is 2.28 bits per heavy atom. The van der Waals surface area contributed by atoms with E-state index in [4.69, 9.17) is 0 Å². The second-order valence-corrected chi connectivity index (χ2v) is 4.39. The van der Waals surface area contributed by atoms with Crippen molar-refractivity contribution in [2.45, 2.75) is 19.4 Å². The Kier molecular flexibility index (Phi) is 5.02. The zero-order valence-electron chi connectivity index (χ0n) is 9.59. The highest BCUT2D eigenvalue weighted by Crippen LogP contribution is 2.14. The first kappa shape index (κ1) is 14.4. The normalized spacial score (nSPS) is 10.1. The lowest BCUT2D eigenvalue weighted by atomic mass is 10.3. The van der Waals surface area contributed by atoms with E-state index in [0.29, 0.717) is 10.9 Å². The van der Waals surface area contributed by atoms with Crippen molar-refractivity contribution < 1.29 is 14.5 Å². The summed E-state index contributed by atoms with van der Waals surface area (Å²) in [4.78, 5) is 32.5. The van der Waals surface area contributed by atoms with E-state index < -0.39 is 16.2 Å². The van der Waals surface area contributed by atoms with E-state index in [-0.39, 0.29) is 18.9 Å². The molecule has 1 aromatic rings. The number of methoxy groups -OCH3 is 1. The minimum absolute atomic E-state index is 0.156. The van der Waals surface area contributed by atoms with Gasteiger partial charge < -0.3 is 9.30 Å². The molecule has 18 heavy (non-hydrogen) atoms. The maximum atomic E-state index is 11.7. The van der Waals surface area contributed by atoms with Gasteiger partial charge in [-0.25, -0.2) is 0 Å². The molecule has 0 atom stereocenters. The summed E-state index contributed by atoms with van der Waals surface area (Å²) < 4.78 is 6.10. The summed E-state index contributed by atoms with van der Waals surface area (Å²) >= 11 is 3.09. The molecule has 0 N–H and O–H groups in total. The van der Waals surface area contributed by atoms with Crippen LogP contribution in [0.25, 0.3) is 0 Å². The van der Waals surface area contributed by atoms with Crippen molar-refractivity contribution in [1.29, 1.82) is 0 Å². The Hall–Kier alpha value is -1.70. The van der Waals surface area contributed by atoms with E-state index >= 15 is 0 Å². The van der Waals surface area contributed by atoms with Crippen LogP contribution in [0.1, 0.15) is 12.8 Å². The summed E-state index contributed by atoms with van der Waals surface area (Å²) in [6.45, 7) is 0.216. The average molecular weight is 319 g/mol. The van der Waals surface area contributed by atoms with Crippen molar-refractivity contribution in [3.05, 3.63) is 37.2 Å². The predicted octanol–water partition coefficient (Wildman–Crippen LogP) is 1.47. The first-order valence-corrected chi connectivity index (χ1v) is 5.86. The number of hydrogen-bond donors (Lipinski definition) is 0. The number of carbonyl (C=O) groups is 1. The molecule has 1 heterocycles. The van der Waals surface area contributed by atoms with Gasteiger partial charge in [-0.3, -0.25) is 19.7 Å². The van der Waals surface area contributed by atoms with Crippen LogP contribution in [0, 0.1) is 10.1 Å². The fourth-order valence-electron chi connectivity index (χ4n) is 1.38. The van der Waals surface area contributed by atoms with Crippen LogP contribution in [0.2, 0.25) is 0 Å².